The molecule has 69 heteroatoms. The van der Waals surface area contributed by atoms with Gasteiger partial charge in [-0.2, -0.15) is 15.0 Å². The molecule has 15 rings (SSSR count). The molecule has 0 spiro atoms. The lowest BCUT2D eigenvalue weighted by molar-refractivity contribution is -0.0936. The fourth-order valence-corrected chi connectivity index (χ4v) is 23.2. The number of phosphoric acid groups is 2. The maximum Gasteiger partial charge on any atom is 0.472 e. The number of anilines is 5. The van der Waals surface area contributed by atoms with E-state index in [-0.39, 0.29) is 140 Å². The predicted octanol–water partition coefficient (Wildman–Crippen LogP) is 0.101. The molecule has 7 aliphatic rings. The number of ether oxygens (including phenoxy) is 16. The van der Waals surface area contributed by atoms with Crippen molar-refractivity contribution in [2.75, 3.05) is 163 Å². The second kappa shape index (κ2) is 48.4. The number of fused-ring (bicyclic) bond motifs is 3. The monoisotopic (exact) mass is 2220 g/mol. The third-order valence-corrected chi connectivity index (χ3v) is 30.6. The summed E-state index contributed by atoms with van der Waals surface area (Å²) in [6.07, 6.45) is -24.8. The zero-order chi connectivity index (χ0) is 105. The van der Waals surface area contributed by atoms with Gasteiger partial charge in [-0.25, -0.2) is 63.2 Å². The van der Waals surface area contributed by atoms with E-state index in [1.165, 1.54) is 94.8 Å². The Morgan fingerprint density at radius 1 is 0.459 bits per heavy atom. The molecule has 0 bridgehead atoms. The van der Waals surface area contributed by atoms with E-state index in [1.54, 1.807) is 24.6 Å². The van der Waals surface area contributed by atoms with E-state index in [0.717, 1.165) is 21.8 Å². The summed E-state index contributed by atoms with van der Waals surface area (Å²) in [6.45, 7) is -10.6. The molecule has 0 radical (unpaired) electrons. The Kier molecular flexibility index (Phi) is 37.2. The standard InChI is InChI=1S/C77H113N24O37P5S3/c1-11-40-41(22-47(128-40)99-33-88-48-64(81)84-31-86-66(48)99)134-141(110,144)126-29-45-53(58(120-19-14-115-8)74(132-45)101-35-90-50-68(101)94-75(83)95-69(50)103)136-139(106,107)123-27-43-52(57(119-18-13-114-7)71(130-43)97-24-37(3)62(79)92-76(97)104)135-140(108,109)124-28-44-54(59(121-20-15-116-9)72(131-44)98-25-38(4)63(80)93-77(98)105)137-143(112,146)127-30-46-55(60(122-21-16-117-10)73(133-46)100-34-89-49-65(82)85-32-87-67(49)100)138-142(111,145)125-26-42-51(102)56(118-17-12-113-6)70(129-42)96-23-36(2)61(78)91-39(96)5/h23-25,31-35,40-47,51-60,70-74,102H,5,11-22,26-30H2,1-4,6-10H3,(H2,78,91)(H,106,107)(H,108,109)(H,110,144)(H,111,145)(H,112,146)(H2,79,92,104)(H2,80,93,105)(H2,81,84,86)(H2,82,85,87)(H3,83,94,95,103)/t40-,41?,42-,43-,44-,45-,46-,47-,51?,52?,53?,54?,55?,56+,57+,58+,59+,60+,70-,71-,72-,73-,74-,141?,142?,143?/m1/s1. The van der Waals surface area contributed by atoms with Crippen LogP contribution in [-0.4, -0.2) is 358 Å². The van der Waals surface area contributed by atoms with Gasteiger partial charge >= 0.3 is 47.3 Å². The van der Waals surface area contributed by atoms with Crippen molar-refractivity contribution in [1.29, 1.82) is 0 Å². The van der Waals surface area contributed by atoms with E-state index in [4.69, 9.17) is 179 Å². The van der Waals surface area contributed by atoms with Crippen LogP contribution in [0.5, 0.6) is 0 Å². The quantitative estimate of drug-likeness (QED) is 0.0137. The van der Waals surface area contributed by atoms with Crippen molar-refractivity contribution in [2.24, 2.45) is 10.7 Å². The van der Waals surface area contributed by atoms with E-state index >= 15 is 13.7 Å². The van der Waals surface area contributed by atoms with Crippen LogP contribution in [0.4, 0.5) is 29.2 Å². The number of aromatic amines is 1. The van der Waals surface area contributed by atoms with Crippen LogP contribution >= 0.6 is 48.1 Å². The van der Waals surface area contributed by atoms with Gasteiger partial charge in [-0.05, 0) is 50.8 Å². The molecule has 8 aromatic rings. The Balaban J connectivity index is 0.717. The van der Waals surface area contributed by atoms with Crippen molar-refractivity contribution in [3.05, 3.63) is 111 Å². The zero-order valence-electron chi connectivity index (χ0n) is 79.5. The maximum atomic E-state index is 15.7. The molecule has 15 heterocycles. The highest BCUT2D eigenvalue weighted by Crippen LogP contribution is 2.60. The van der Waals surface area contributed by atoms with Crippen molar-refractivity contribution < 1.29 is 159 Å². The lowest BCUT2D eigenvalue weighted by Crippen LogP contribution is -2.44. The average molecular weight is 2220 g/mol. The van der Waals surface area contributed by atoms with Gasteiger partial charge < -0.3 is 153 Å². The summed E-state index contributed by atoms with van der Waals surface area (Å²) in [6, 6.07) is 0. The number of rotatable bonds is 52. The number of aliphatic imine (C=N–C) groups is 1. The van der Waals surface area contributed by atoms with E-state index in [9.17, 15) is 39.1 Å². The summed E-state index contributed by atoms with van der Waals surface area (Å²) < 4.78 is 211. The first-order valence-corrected chi connectivity index (χ1v) is 55.6. The maximum absolute atomic E-state index is 15.7. The predicted molar refractivity (Wildman–Crippen MR) is 514 cm³/mol. The molecule has 0 aromatic carbocycles. The van der Waals surface area contributed by atoms with Gasteiger partial charge in [0.15, 0.2) is 65.2 Å². The number of nitrogens with one attached hydrogen (secondary N) is 1. The molecule has 11 unspecified atom stereocenters. The number of aromatic nitrogens is 16. The highest BCUT2D eigenvalue weighted by molar-refractivity contribution is 8.44. The van der Waals surface area contributed by atoms with Crippen LogP contribution in [0.15, 0.2) is 87.6 Å². The van der Waals surface area contributed by atoms with Gasteiger partial charge in [-0.3, -0.25) is 64.3 Å². The third-order valence-electron chi connectivity index (χ3n) is 23.9. The van der Waals surface area contributed by atoms with Crippen LogP contribution in [-0.2, 0) is 158 Å². The number of amidine groups is 1. The molecule has 6 fully saturated rings. The second-order valence-corrected chi connectivity index (χ2v) is 44.8. The third kappa shape index (κ3) is 26.0. The van der Waals surface area contributed by atoms with Crippen LogP contribution in [0, 0.1) is 13.8 Å². The summed E-state index contributed by atoms with van der Waals surface area (Å²) in [4.78, 5) is 141. The summed E-state index contributed by atoms with van der Waals surface area (Å²) in [5, 5.41) is 11.9. The number of nitrogen functional groups attached to an aromatic ring is 5. The second-order valence-electron chi connectivity index (χ2n) is 33.5. The number of aliphatic hydroxyl groups is 1. The molecule has 28 atom stereocenters. The van der Waals surface area contributed by atoms with Crippen molar-refractivity contribution in [2.45, 2.75) is 182 Å². The summed E-state index contributed by atoms with van der Waals surface area (Å²) in [7, 11) is -4.93. The molecular formula is C77H113N24O37P5S3. The number of phosphoric ester groups is 2. The van der Waals surface area contributed by atoms with Crippen LogP contribution in [0.1, 0.15) is 69.0 Å². The van der Waals surface area contributed by atoms with Crippen molar-refractivity contribution >= 4 is 140 Å². The Morgan fingerprint density at radius 2 is 0.856 bits per heavy atom. The van der Waals surface area contributed by atoms with Gasteiger partial charge in [-0.15, -0.1) is 0 Å². The van der Waals surface area contributed by atoms with Crippen LogP contribution < -0.4 is 51.3 Å². The van der Waals surface area contributed by atoms with Crippen LogP contribution in [0.25, 0.3) is 33.5 Å². The van der Waals surface area contributed by atoms with Crippen molar-refractivity contribution in [3.8, 4) is 0 Å². The van der Waals surface area contributed by atoms with Gasteiger partial charge in [0.2, 0.25) is 5.95 Å². The van der Waals surface area contributed by atoms with Gasteiger partial charge in [0.25, 0.3) is 5.56 Å². The summed E-state index contributed by atoms with van der Waals surface area (Å²) in [5.74, 6) is -0.449. The van der Waals surface area contributed by atoms with Crippen LogP contribution in [0.3, 0.4) is 0 Å². The highest BCUT2D eigenvalue weighted by Gasteiger charge is 2.59. The lowest BCUT2D eigenvalue weighted by Gasteiger charge is -2.33. The molecule has 18 N–H and O–H groups in total. The van der Waals surface area contributed by atoms with Gasteiger partial charge in [-0.1, -0.05) is 25.8 Å². The Labute approximate surface area is 844 Å². The number of thiol groups is 1. The minimum atomic E-state index is -5.93. The smallest absolute Gasteiger partial charge is 0.387 e. The van der Waals surface area contributed by atoms with Crippen molar-refractivity contribution in [1.82, 2.24) is 82.6 Å². The average Bonchev–Trinajstić information content (AvgIpc) is 1.60. The number of imidazole rings is 3. The zero-order valence-corrected chi connectivity index (χ0v) is 86.5. The Bertz CT molecular complexity index is 6440. The molecule has 8 aromatic heterocycles. The number of H-pyrrole nitrogens is 1. The molecular weight excluding hydrogens is 2100 g/mol. The lowest BCUT2D eigenvalue weighted by atomic mass is 10.1. The molecule has 146 heavy (non-hydrogen) atoms. The molecule has 0 amide bonds. The number of aliphatic hydroxyl groups excluding tert-OH is 1. The minimum Gasteiger partial charge on any atom is -0.387 e. The molecule has 806 valence electrons. The van der Waals surface area contributed by atoms with E-state index in [0.29, 0.717) is 23.2 Å². The van der Waals surface area contributed by atoms with E-state index in [1.807, 2.05) is 0 Å². The summed E-state index contributed by atoms with van der Waals surface area (Å²) >= 11 is 15.9. The first-order valence-electron chi connectivity index (χ1n) is 44.8. The first-order chi connectivity index (χ1) is 69.6. The molecule has 61 nitrogen and oxygen atoms in total. The minimum absolute atomic E-state index is 0.0174. The number of aryl methyl sites for hydroxylation is 2. The SMILES string of the molecule is C=C1N=C(N)C(C)=CN1[C@@H]1O[C@H](COP(O)(=S)OC2[C@@H](COP(=O)(S)OC3[C@@H](COP(=O)(O)OC4[C@@H](COP(=O)(O)OC5[C@@H](COP(O)(=S)OC6C[C@H](n7cnc8c(N)ncnc87)O[C@@H]6CC)O[C@@H](n6cnc7c(=O)[nH]c(N)nc76)[C@H]5OCCOC)O[C@@H](n5cc(C)c(N)nc5=O)[C@H]4OCCOC)O[C@@H](n4cc(C)c(N)nc4=O)[C@H]3OCCOC)O[C@@H](n3cnc4c(N)ncnc43)[C@H]2OCCOC)C(O)[C@@H]1OCCOC. The molecule has 0 saturated carbocycles. The fourth-order valence-electron chi connectivity index (χ4n) is 16.8. The number of hydrogen-bond donors (Lipinski definition) is 13. The van der Waals surface area contributed by atoms with Gasteiger partial charge in [0.1, 0.15) is 145 Å². The topological polar surface area (TPSA) is 785 Å². The van der Waals surface area contributed by atoms with Crippen molar-refractivity contribution in [3.63, 3.8) is 0 Å². The largest absolute Gasteiger partial charge is 0.472 e. The number of hydrogen-bond acceptors (Lipinski definition) is 53. The first kappa shape index (κ1) is 112. The Hall–Kier alpha value is -7.94. The normalized spacial score (nSPS) is 29.7. The Morgan fingerprint density at radius 3 is 1.33 bits per heavy atom. The summed E-state index contributed by atoms with van der Waals surface area (Å²) in [5.41, 5.74) is 35.2. The van der Waals surface area contributed by atoms with E-state index < -0.39 is 234 Å². The molecule has 0 aliphatic carbocycles. The molecule has 7 aliphatic heterocycles. The number of nitrogens with two attached hydrogens (primary N) is 6. The van der Waals surface area contributed by atoms with Crippen LogP contribution in [0.2, 0.25) is 0 Å². The van der Waals surface area contributed by atoms with Gasteiger partial charge in [0.05, 0.1) is 130 Å². The van der Waals surface area contributed by atoms with Gasteiger partial charge in [0, 0.05) is 77.3 Å². The fraction of sp³-hybridized carbons (Fsp3) is 0.636. The van der Waals surface area contributed by atoms with E-state index in [2.05, 4.69) is 78.6 Å². The number of nitrogens with zero attached hydrogens (tertiary/aromatic N) is 17. The number of methoxy groups -OCH3 is 5. The highest BCUT2D eigenvalue weighted by atomic mass is 32.7. The molecule has 6 saturated heterocycles.